The average molecular weight is 397 g/mol. The molecule has 2 heterocycles. The molecule has 8 nitrogen and oxygen atoms in total. The summed E-state index contributed by atoms with van der Waals surface area (Å²) in [6.45, 7) is 4.12. The van der Waals surface area contributed by atoms with Crippen LogP contribution in [-0.2, 0) is 14.3 Å². The lowest BCUT2D eigenvalue weighted by Gasteiger charge is -2.26. The van der Waals surface area contributed by atoms with E-state index >= 15 is 0 Å². The van der Waals surface area contributed by atoms with Gasteiger partial charge in [0.15, 0.2) is 0 Å². The number of para-hydroxylation sites is 1. The first-order chi connectivity index (χ1) is 14.2. The van der Waals surface area contributed by atoms with E-state index in [1.165, 1.54) is 7.11 Å². The Balaban J connectivity index is 1.43. The van der Waals surface area contributed by atoms with E-state index in [1.807, 2.05) is 24.3 Å². The van der Waals surface area contributed by atoms with Crippen molar-refractivity contribution >= 4 is 39.4 Å². The van der Waals surface area contributed by atoms with Gasteiger partial charge in [-0.2, -0.15) is 0 Å². The molecule has 4 rings (SSSR count). The highest BCUT2D eigenvalue weighted by Crippen LogP contribution is 2.36. The summed E-state index contributed by atoms with van der Waals surface area (Å²) in [5.41, 5.74) is 1.73. The van der Waals surface area contributed by atoms with Crippen LogP contribution in [0.4, 0.5) is 5.69 Å². The Morgan fingerprint density at radius 2 is 1.86 bits per heavy atom. The van der Waals surface area contributed by atoms with Crippen LogP contribution >= 0.6 is 0 Å². The van der Waals surface area contributed by atoms with Crippen molar-refractivity contribution in [2.24, 2.45) is 0 Å². The number of hydrogen-bond donors (Lipinski definition) is 2. The number of carbonyl (C=O) groups is 2. The zero-order chi connectivity index (χ0) is 20.2. The Morgan fingerprint density at radius 1 is 1.07 bits per heavy atom. The fourth-order valence-electron chi connectivity index (χ4n) is 3.43. The molecular weight excluding hydrogens is 374 g/mol. The van der Waals surface area contributed by atoms with Gasteiger partial charge in [-0.3, -0.25) is 14.5 Å². The number of amides is 2. The fourth-order valence-corrected chi connectivity index (χ4v) is 3.43. The lowest BCUT2D eigenvalue weighted by molar-refractivity contribution is -0.136. The Kier molecular flexibility index (Phi) is 5.64. The monoisotopic (exact) mass is 397 g/mol. The average Bonchev–Trinajstić information content (AvgIpc) is 3.11. The first-order valence-electron chi connectivity index (χ1n) is 9.54. The van der Waals surface area contributed by atoms with Gasteiger partial charge < -0.3 is 24.5 Å². The second kappa shape index (κ2) is 8.50. The zero-order valence-corrected chi connectivity index (χ0v) is 16.2. The first kappa shape index (κ1) is 19.2. The minimum Gasteiger partial charge on any atom is -0.495 e. The number of benzene rings is 2. The first-order valence-corrected chi connectivity index (χ1v) is 9.54. The number of rotatable bonds is 5. The zero-order valence-electron chi connectivity index (χ0n) is 16.2. The number of hydrogen-bond acceptors (Lipinski definition) is 6. The number of anilines is 1. The van der Waals surface area contributed by atoms with Gasteiger partial charge in [-0.25, -0.2) is 0 Å². The number of nitrogens with one attached hydrogen (secondary N) is 2. The van der Waals surface area contributed by atoms with Crippen molar-refractivity contribution in [3.05, 3.63) is 36.4 Å². The van der Waals surface area contributed by atoms with Crippen molar-refractivity contribution in [3.63, 3.8) is 0 Å². The molecule has 0 atom stereocenters. The van der Waals surface area contributed by atoms with Crippen LogP contribution in [0.5, 0.6) is 5.75 Å². The van der Waals surface area contributed by atoms with Crippen LogP contribution < -0.4 is 15.4 Å². The van der Waals surface area contributed by atoms with E-state index < -0.39 is 11.8 Å². The molecule has 1 aliphatic heterocycles. The highest BCUT2D eigenvalue weighted by Gasteiger charge is 2.18. The lowest BCUT2D eigenvalue weighted by Crippen LogP contribution is -2.43. The van der Waals surface area contributed by atoms with Gasteiger partial charge in [0.1, 0.15) is 16.9 Å². The van der Waals surface area contributed by atoms with Gasteiger partial charge in [0.05, 0.1) is 26.0 Å². The molecule has 2 amide bonds. The molecule has 0 saturated carbocycles. The predicted octanol–water partition coefficient (Wildman–Crippen LogP) is 1.98. The summed E-state index contributed by atoms with van der Waals surface area (Å²) >= 11 is 0. The highest BCUT2D eigenvalue weighted by atomic mass is 16.5. The van der Waals surface area contributed by atoms with Gasteiger partial charge in [0, 0.05) is 43.0 Å². The summed E-state index contributed by atoms with van der Waals surface area (Å²) in [5.74, 6) is -0.982. The van der Waals surface area contributed by atoms with Gasteiger partial charge in [-0.1, -0.05) is 18.2 Å². The van der Waals surface area contributed by atoms with E-state index in [0.29, 0.717) is 43.3 Å². The molecule has 1 aromatic heterocycles. The van der Waals surface area contributed by atoms with Crippen molar-refractivity contribution in [1.82, 2.24) is 10.2 Å². The van der Waals surface area contributed by atoms with E-state index in [4.69, 9.17) is 13.9 Å². The minimum absolute atomic E-state index is 0.382. The number of ether oxygens (including phenoxy) is 2. The molecule has 0 radical (unpaired) electrons. The number of carbonyl (C=O) groups excluding carboxylic acids is 2. The van der Waals surface area contributed by atoms with Crippen molar-refractivity contribution in [3.8, 4) is 5.75 Å². The fraction of sp³-hybridized carbons (Fsp3) is 0.333. The molecule has 0 spiro atoms. The van der Waals surface area contributed by atoms with Gasteiger partial charge in [-0.05, 0) is 12.1 Å². The van der Waals surface area contributed by atoms with Crippen LogP contribution in [0.25, 0.3) is 21.9 Å². The summed E-state index contributed by atoms with van der Waals surface area (Å²) in [6.07, 6.45) is 0. The molecule has 1 saturated heterocycles. The smallest absolute Gasteiger partial charge is 0.313 e. The van der Waals surface area contributed by atoms with Crippen molar-refractivity contribution in [2.75, 3.05) is 51.8 Å². The second-order valence-corrected chi connectivity index (χ2v) is 6.81. The molecule has 8 heteroatoms. The van der Waals surface area contributed by atoms with E-state index in [1.54, 1.807) is 12.1 Å². The molecular formula is C21H23N3O5. The normalized spacial score (nSPS) is 14.8. The van der Waals surface area contributed by atoms with Gasteiger partial charge in [0.25, 0.3) is 0 Å². The van der Waals surface area contributed by atoms with E-state index in [0.717, 1.165) is 29.4 Å². The third-order valence-electron chi connectivity index (χ3n) is 4.97. The molecule has 0 aliphatic carbocycles. The third-order valence-corrected chi connectivity index (χ3v) is 4.97. The largest absolute Gasteiger partial charge is 0.495 e. The number of nitrogens with zero attached hydrogens (tertiary/aromatic N) is 1. The maximum absolute atomic E-state index is 12.3. The van der Waals surface area contributed by atoms with Crippen LogP contribution in [0.1, 0.15) is 0 Å². The Bertz CT molecular complexity index is 1040. The van der Waals surface area contributed by atoms with Crippen LogP contribution in [0.15, 0.2) is 40.8 Å². The molecule has 29 heavy (non-hydrogen) atoms. The summed E-state index contributed by atoms with van der Waals surface area (Å²) in [7, 11) is 1.52. The number of fused-ring (bicyclic) bond motifs is 3. The highest BCUT2D eigenvalue weighted by molar-refractivity contribution is 6.39. The lowest BCUT2D eigenvalue weighted by atomic mass is 10.1. The van der Waals surface area contributed by atoms with Gasteiger partial charge in [-0.15, -0.1) is 0 Å². The van der Waals surface area contributed by atoms with Crippen molar-refractivity contribution < 1.29 is 23.5 Å². The standard InChI is InChI=1S/C21H23N3O5/c1-27-19-12-15-14-4-2-3-5-17(14)29-18(15)13-16(19)23-21(26)20(25)22-6-7-24-8-10-28-11-9-24/h2-5,12-13H,6-11H2,1H3,(H,22,25)(H,23,26). The van der Waals surface area contributed by atoms with E-state index in [-0.39, 0.29) is 0 Å². The van der Waals surface area contributed by atoms with Crippen LogP contribution in [0.3, 0.4) is 0 Å². The summed E-state index contributed by atoms with van der Waals surface area (Å²) in [5, 5.41) is 7.10. The Labute approximate surface area is 167 Å². The molecule has 2 N–H and O–H groups in total. The summed E-state index contributed by atoms with van der Waals surface area (Å²) in [4.78, 5) is 26.7. The molecule has 0 bridgehead atoms. The molecule has 0 unspecified atom stereocenters. The third kappa shape index (κ3) is 4.18. The van der Waals surface area contributed by atoms with E-state index in [2.05, 4.69) is 15.5 Å². The van der Waals surface area contributed by atoms with Crippen LogP contribution in [0, 0.1) is 0 Å². The molecule has 2 aromatic carbocycles. The van der Waals surface area contributed by atoms with Crippen molar-refractivity contribution in [2.45, 2.75) is 0 Å². The quantitative estimate of drug-likeness (QED) is 0.640. The SMILES string of the molecule is COc1cc2c(cc1NC(=O)C(=O)NCCN1CCOCC1)oc1ccccc12. The number of furan rings is 1. The second-order valence-electron chi connectivity index (χ2n) is 6.81. The molecule has 1 aliphatic rings. The minimum atomic E-state index is -0.749. The molecule has 1 fully saturated rings. The molecule has 152 valence electrons. The molecule has 3 aromatic rings. The Morgan fingerprint density at radius 3 is 2.66 bits per heavy atom. The van der Waals surface area contributed by atoms with Gasteiger partial charge >= 0.3 is 11.8 Å². The topological polar surface area (TPSA) is 93.0 Å². The van der Waals surface area contributed by atoms with Crippen molar-refractivity contribution in [1.29, 1.82) is 0 Å². The van der Waals surface area contributed by atoms with Gasteiger partial charge in [0.2, 0.25) is 0 Å². The summed E-state index contributed by atoms with van der Waals surface area (Å²) in [6, 6.07) is 11.1. The van der Waals surface area contributed by atoms with Crippen LogP contribution in [-0.4, -0.2) is 63.2 Å². The number of morpholine rings is 1. The number of methoxy groups -OCH3 is 1. The predicted molar refractivity (Wildman–Crippen MR) is 109 cm³/mol. The maximum atomic E-state index is 12.3. The summed E-state index contributed by atoms with van der Waals surface area (Å²) < 4.78 is 16.5. The maximum Gasteiger partial charge on any atom is 0.313 e. The van der Waals surface area contributed by atoms with E-state index in [9.17, 15) is 9.59 Å². The Hall–Kier alpha value is -3.10. The van der Waals surface area contributed by atoms with Crippen LogP contribution in [0.2, 0.25) is 0 Å².